The normalized spacial score (nSPS) is 18.8. The lowest BCUT2D eigenvalue weighted by molar-refractivity contribution is 0.562. The molecule has 1 N–H and O–H groups in total. The Kier molecular flexibility index (Phi) is 3.87. The van der Waals surface area contributed by atoms with Gasteiger partial charge in [-0.2, -0.15) is 0 Å². The molecule has 1 heterocycles. The Balaban J connectivity index is 1.70. The van der Waals surface area contributed by atoms with Crippen LogP contribution in [-0.2, 0) is 5.54 Å². The summed E-state index contributed by atoms with van der Waals surface area (Å²) in [5, 5.41) is 5.22. The molecule has 27 heavy (non-hydrogen) atoms. The maximum atomic E-state index is 3.86. The molecule has 0 saturated carbocycles. The Morgan fingerprint density at radius 3 is 2.26 bits per heavy atom. The van der Waals surface area contributed by atoms with Crippen molar-refractivity contribution in [3.05, 3.63) is 101 Å². The van der Waals surface area contributed by atoms with Crippen molar-refractivity contribution < 1.29 is 0 Å². The maximum Gasteiger partial charge on any atom is 0.0657 e. The van der Waals surface area contributed by atoms with Gasteiger partial charge in [0, 0.05) is 27.2 Å². The van der Waals surface area contributed by atoms with Gasteiger partial charge in [0.1, 0.15) is 0 Å². The van der Waals surface area contributed by atoms with Gasteiger partial charge in [0.2, 0.25) is 0 Å². The molecule has 0 spiro atoms. The molecule has 132 valence electrons. The summed E-state index contributed by atoms with van der Waals surface area (Å²) >= 11 is 1.89. The van der Waals surface area contributed by atoms with Gasteiger partial charge in [-0.1, -0.05) is 66.7 Å². The Morgan fingerprint density at radius 2 is 1.48 bits per heavy atom. The second kappa shape index (κ2) is 6.40. The SMILES string of the molecule is C[C@@]1(Nc2ccccc2)CC(c2ccccc2)=Cc2sc3ccccc3c21. The summed E-state index contributed by atoms with van der Waals surface area (Å²) < 4.78 is 1.36. The summed E-state index contributed by atoms with van der Waals surface area (Å²) in [4.78, 5) is 1.37. The first-order chi connectivity index (χ1) is 13.2. The molecule has 1 atom stereocenters. The van der Waals surface area contributed by atoms with Crippen molar-refractivity contribution in [1.82, 2.24) is 0 Å². The van der Waals surface area contributed by atoms with Crippen LogP contribution in [0.1, 0.15) is 29.3 Å². The topological polar surface area (TPSA) is 12.0 Å². The van der Waals surface area contributed by atoms with Crippen LogP contribution >= 0.6 is 11.3 Å². The number of fused-ring (bicyclic) bond motifs is 3. The van der Waals surface area contributed by atoms with Crippen molar-refractivity contribution in [1.29, 1.82) is 0 Å². The van der Waals surface area contributed by atoms with Gasteiger partial charge in [0.25, 0.3) is 0 Å². The smallest absolute Gasteiger partial charge is 0.0657 e. The van der Waals surface area contributed by atoms with E-state index in [0.717, 1.165) is 12.1 Å². The molecule has 0 fully saturated rings. The number of para-hydroxylation sites is 1. The van der Waals surface area contributed by atoms with Crippen LogP contribution in [0.15, 0.2) is 84.9 Å². The molecule has 1 aromatic heterocycles. The molecule has 0 aliphatic heterocycles. The molecule has 1 nitrogen and oxygen atoms in total. The molecule has 0 unspecified atom stereocenters. The average Bonchev–Trinajstić information content (AvgIpc) is 3.08. The zero-order valence-electron chi connectivity index (χ0n) is 15.3. The van der Waals surface area contributed by atoms with E-state index in [1.165, 1.54) is 31.7 Å². The largest absolute Gasteiger partial charge is 0.375 e. The first-order valence-corrected chi connectivity index (χ1v) is 10.2. The maximum absolute atomic E-state index is 3.86. The number of anilines is 1. The predicted molar refractivity (Wildman–Crippen MR) is 118 cm³/mol. The lowest BCUT2D eigenvalue weighted by Crippen LogP contribution is -2.34. The quantitative estimate of drug-likeness (QED) is 0.404. The summed E-state index contributed by atoms with van der Waals surface area (Å²) in [5.74, 6) is 0. The fourth-order valence-electron chi connectivity index (χ4n) is 4.20. The number of hydrogen-bond acceptors (Lipinski definition) is 2. The van der Waals surface area contributed by atoms with Crippen LogP contribution in [0.3, 0.4) is 0 Å². The third-order valence-electron chi connectivity index (χ3n) is 5.36. The van der Waals surface area contributed by atoms with E-state index >= 15 is 0 Å². The molecular formula is C25H21NS. The number of hydrogen-bond donors (Lipinski definition) is 1. The lowest BCUT2D eigenvalue weighted by Gasteiger charge is -2.37. The van der Waals surface area contributed by atoms with Gasteiger partial charge in [-0.05, 0) is 47.7 Å². The minimum absolute atomic E-state index is 0.157. The molecule has 3 aromatic carbocycles. The van der Waals surface area contributed by atoms with E-state index in [-0.39, 0.29) is 5.54 Å². The molecule has 4 aromatic rings. The van der Waals surface area contributed by atoms with E-state index in [1.807, 2.05) is 11.3 Å². The fraction of sp³-hybridized carbons (Fsp3) is 0.120. The summed E-state index contributed by atoms with van der Waals surface area (Å²) in [6.07, 6.45) is 3.35. The third-order valence-corrected chi connectivity index (χ3v) is 6.48. The molecule has 0 bridgehead atoms. The highest BCUT2D eigenvalue weighted by molar-refractivity contribution is 7.20. The molecule has 0 saturated heterocycles. The lowest BCUT2D eigenvalue weighted by atomic mass is 9.77. The molecule has 0 amide bonds. The first kappa shape index (κ1) is 16.3. The monoisotopic (exact) mass is 367 g/mol. The fourth-order valence-corrected chi connectivity index (χ4v) is 5.50. The van der Waals surface area contributed by atoms with Gasteiger partial charge < -0.3 is 5.32 Å². The van der Waals surface area contributed by atoms with Gasteiger partial charge in [0.15, 0.2) is 0 Å². The highest BCUT2D eigenvalue weighted by atomic mass is 32.1. The van der Waals surface area contributed by atoms with Crippen molar-refractivity contribution in [3.8, 4) is 0 Å². The van der Waals surface area contributed by atoms with Crippen LogP contribution in [0.2, 0.25) is 0 Å². The van der Waals surface area contributed by atoms with Crippen molar-refractivity contribution in [2.45, 2.75) is 18.9 Å². The van der Waals surface area contributed by atoms with E-state index in [4.69, 9.17) is 0 Å². The number of rotatable bonds is 3. The molecule has 1 aliphatic rings. The van der Waals surface area contributed by atoms with Crippen LogP contribution in [0, 0.1) is 0 Å². The van der Waals surface area contributed by atoms with Crippen LogP contribution in [0.4, 0.5) is 5.69 Å². The average molecular weight is 368 g/mol. The van der Waals surface area contributed by atoms with Crippen molar-refractivity contribution >= 4 is 38.8 Å². The zero-order valence-corrected chi connectivity index (χ0v) is 16.1. The predicted octanol–water partition coefficient (Wildman–Crippen LogP) is 7.17. The second-order valence-electron chi connectivity index (χ2n) is 7.37. The van der Waals surface area contributed by atoms with Gasteiger partial charge in [0.05, 0.1) is 5.54 Å². The highest BCUT2D eigenvalue weighted by Gasteiger charge is 2.36. The third kappa shape index (κ3) is 2.87. The number of nitrogens with one attached hydrogen (secondary N) is 1. The van der Waals surface area contributed by atoms with Crippen LogP contribution in [0.5, 0.6) is 0 Å². The molecule has 5 rings (SSSR count). The Bertz CT molecular complexity index is 1120. The van der Waals surface area contributed by atoms with Crippen molar-refractivity contribution in [2.75, 3.05) is 5.32 Å². The molecule has 1 aliphatic carbocycles. The molecular weight excluding hydrogens is 346 g/mol. The molecule has 2 heteroatoms. The Labute approximate surface area is 164 Å². The van der Waals surface area contributed by atoms with Crippen LogP contribution in [-0.4, -0.2) is 0 Å². The summed E-state index contributed by atoms with van der Waals surface area (Å²) in [6.45, 7) is 2.34. The summed E-state index contributed by atoms with van der Waals surface area (Å²) in [5.41, 5.74) is 5.13. The van der Waals surface area contributed by atoms with E-state index in [2.05, 4.69) is 103 Å². The van der Waals surface area contributed by atoms with Crippen LogP contribution < -0.4 is 5.32 Å². The van der Waals surface area contributed by atoms with E-state index < -0.39 is 0 Å². The van der Waals surface area contributed by atoms with Gasteiger partial charge in [-0.25, -0.2) is 0 Å². The summed E-state index contributed by atoms with van der Waals surface area (Å²) in [6, 6.07) is 30.1. The van der Waals surface area contributed by atoms with E-state index in [1.54, 1.807) is 0 Å². The Hall–Kier alpha value is -2.84. The van der Waals surface area contributed by atoms with E-state index in [0.29, 0.717) is 0 Å². The molecule has 0 radical (unpaired) electrons. The van der Waals surface area contributed by atoms with Gasteiger partial charge in [-0.15, -0.1) is 11.3 Å². The summed E-state index contributed by atoms with van der Waals surface area (Å²) in [7, 11) is 0. The minimum atomic E-state index is -0.157. The second-order valence-corrected chi connectivity index (χ2v) is 8.46. The van der Waals surface area contributed by atoms with Crippen LogP contribution in [0.25, 0.3) is 21.7 Å². The van der Waals surface area contributed by atoms with Crippen molar-refractivity contribution in [3.63, 3.8) is 0 Å². The minimum Gasteiger partial charge on any atom is -0.375 e. The Morgan fingerprint density at radius 1 is 0.815 bits per heavy atom. The van der Waals surface area contributed by atoms with Gasteiger partial charge in [-0.3, -0.25) is 0 Å². The standard InChI is InChI=1S/C25H21NS/c1-25(26-20-12-6-3-7-13-20)17-19(18-10-4-2-5-11-18)16-23-24(25)21-14-8-9-15-22(21)27-23/h2-16,26H,17H2,1H3/t25-/m1/s1. The highest BCUT2D eigenvalue weighted by Crippen LogP contribution is 2.49. The first-order valence-electron chi connectivity index (χ1n) is 9.34. The number of benzene rings is 3. The van der Waals surface area contributed by atoms with Gasteiger partial charge >= 0.3 is 0 Å². The zero-order chi connectivity index (χ0) is 18.3. The van der Waals surface area contributed by atoms with E-state index in [9.17, 15) is 0 Å². The van der Waals surface area contributed by atoms with Crippen molar-refractivity contribution in [2.24, 2.45) is 0 Å². The number of thiophene rings is 1.